The summed E-state index contributed by atoms with van der Waals surface area (Å²) in [6, 6.07) is 20.4. The van der Waals surface area contributed by atoms with Crippen molar-refractivity contribution in [1.82, 2.24) is 15.6 Å². The van der Waals surface area contributed by atoms with Crippen molar-refractivity contribution in [2.24, 2.45) is 0 Å². The third-order valence-corrected chi connectivity index (χ3v) is 6.36. The average molecular weight is 419 g/mol. The molecule has 2 aromatic carbocycles. The summed E-state index contributed by atoms with van der Waals surface area (Å²) in [5.74, 6) is 1.48. The molecule has 1 heterocycles. The molecule has 3 atom stereocenters. The summed E-state index contributed by atoms with van der Waals surface area (Å²) in [4.78, 5) is 4.60. The van der Waals surface area contributed by atoms with Gasteiger partial charge in [0.05, 0.1) is 6.61 Å². The summed E-state index contributed by atoms with van der Waals surface area (Å²) in [6.45, 7) is 4.70. The van der Waals surface area contributed by atoms with Crippen molar-refractivity contribution in [2.75, 3.05) is 31.6 Å². The van der Waals surface area contributed by atoms with E-state index in [0.29, 0.717) is 24.5 Å². The van der Waals surface area contributed by atoms with E-state index in [2.05, 4.69) is 82.5 Å². The number of hydrogen-bond donors (Lipinski definition) is 4. The molecule has 1 aromatic heterocycles. The SMILES string of the molecule is CC(N[C@H]1CC[C@@H](c2ccc(NCCNCCO)nc2)C1)c1cccc2ccccc12. The number of fused-ring (bicyclic) bond motifs is 1. The molecule has 5 heteroatoms. The number of hydrogen-bond acceptors (Lipinski definition) is 5. The molecule has 1 aliphatic rings. The van der Waals surface area contributed by atoms with E-state index in [0.717, 1.165) is 25.3 Å². The summed E-state index contributed by atoms with van der Waals surface area (Å²) < 4.78 is 0. The van der Waals surface area contributed by atoms with Gasteiger partial charge in [-0.3, -0.25) is 0 Å². The molecule has 164 valence electrons. The molecule has 0 radical (unpaired) electrons. The average Bonchev–Trinajstić information content (AvgIpc) is 3.27. The van der Waals surface area contributed by atoms with Crippen molar-refractivity contribution < 1.29 is 5.11 Å². The number of rotatable bonds is 10. The van der Waals surface area contributed by atoms with E-state index in [4.69, 9.17) is 5.11 Å². The van der Waals surface area contributed by atoms with Gasteiger partial charge in [-0.1, -0.05) is 48.5 Å². The number of nitrogens with zero attached hydrogens (tertiary/aromatic N) is 1. The van der Waals surface area contributed by atoms with Crippen molar-refractivity contribution in [3.05, 3.63) is 71.9 Å². The second-order valence-electron chi connectivity index (χ2n) is 8.54. The Kier molecular flexibility index (Phi) is 7.52. The summed E-state index contributed by atoms with van der Waals surface area (Å²) in [6.07, 6.45) is 5.61. The molecule has 0 spiro atoms. The van der Waals surface area contributed by atoms with E-state index in [1.54, 1.807) is 0 Å². The number of pyridine rings is 1. The van der Waals surface area contributed by atoms with Crippen LogP contribution in [0.4, 0.5) is 5.82 Å². The molecule has 0 saturated heterocycles. The number of benzene rings is 2. The number of anilines is 1. The molecule has 1 aliphatic carbocycles. The summed E-state index contributed by atoms with van der Waals surface area (Å²) in [7, 11) is 0. The zero-order valence-corrected chi connectivity index (χ0v) is 18.3. The maximum absolute atomic E-state index is 8.78. The third-order valence-electron chi connectivity index (χ3n) is 6.36. The fourth-order valence-corrected chi connectivity index (χ4v) is 4.74. The van der Waals surface area contributed by atoms with E-state index in [-0.39, 0.29) is 6.61 Å². The minimum Gasteiger partial charge on any atom is -0.395 e. The Labute approximate surface area is 185 Å². The lowest BCUT2D eigenvalue weighted by Gasteiger charge is -2.21. The van der Waals surface area contributed by atoms with Crippen molar-refractivity contribution in [1.29, 1.82) is 0 Å². The smallest absolute Gasteiger partial charge is 0.125 e. The molecule has 3 aromatic rings. The highest BCUT2D eigenvalue weighted by Crippen LogP contribution is 2.36. The standard InChI is InChI=1S/C26H34N4O/c1-19(24-8-4-6-20-5-2-3-7-25(20)24)30-23-11-9-21(17-23)22-10-12-26(29-18-22)28-14-13-27-15-16-31/h2-8,10,12,18-19,21,23,27,30-31H,9,11,13-17H2,1H3,(H,28,29)/t19?,21-,23+/m1/s1. The van der Waals surface area contributed by atoms with Gasteiger partial charge < -0.3 is 21.1 Å². The van der Waals surface area contributed by atoms with Crippen LogP contribution in [-0.2, 0) is 0 Å². The van der Waals surface area contributed by atoms with Gasteiger partial charge in [0, 0.05) is 37.9 Å². The van der Waals surface area contributed by atoms with Crippen LogP contribution in [0.1, 0.15) is 49.3 Å². The Bertz CT molecular complexity index is 954. The van der Waals surface area contributed by atoms with Crippen LogP contribution >= 0.6 is 0 Å². The normalized spacial score (nSPS) is 19.5. The first-order valence-corrected chi connectivity index (χ1v) is 11.5. The van der Waals surface area contributed by atoms with Gasteiger partial charge in [0.15, 0.2) is 0 Å². The van der Waals surface area contributed by atoms with Gasteiger partial charge in [0.1, 0.15) is 5.82 Å². The Morgan fingerprint density at radius 3 is 2.71 bits per heavy atom. The Hall–Kier alpha value is -2.47. The number of aliphatic hydroxyl groups is 1. The molecule has 5 nitrogen and oxygen atoms in total. The quantitative estimate of drug-likeness (QED) is 0.371. The maximum Gasteiger partial charge on any atom is 0.125 e. The third kappa shape index (κ3) is 5.62. The minimum absolute atomic E-state index is 0.172. The van der Waals surface area contributed by atoms with E-state index >= 15 is 0 Å². The first kappa shape index (κ1) is 21.8. The van der Waals surface area contributed by atoms with Gasteiger partial charge in [-0.15, -0.1) is 0 Å². The van der Waals surface area contributed by atoms with Crippen LogP contribution < -0.4 is 16.0 Å². The molecule has 31 heavy (non-hydrogen) atoms. The van der Waals surface area contributed by atoms with Crippen LogP contribution in [0.15, 0.2) is 60.8 Å². The first-order chi connectivity index (χ1) is 15.2. The predicted octanol–water partition coefficient (Wildman–Crippen LogP) is 4.22. The highest BCUT2D eigenvalue weighted by atomic mass is 16.3. The lowest BCUT2D eigenvalue weighted by Crippen LogP contribution is -2.29. The molecule has 4 N–H and O–H groups in total. The number of nitrogens with one attached hydrogen (secondary N) is 3. The first-order valence-electron chi connectivity index (χ1n) is 11.5. The zero-order chi connectivity index (χ0) is 21.5. The predicted molar refractivity (Wildman–Crippen MR) is 129 cm³/mol. The van der Waals surface area contributed by atoms with Gasteiger partial charge in [-0.2, -0.15) is 0 Å². The molecular formula is C26H34N4O. The number of aromatic nitrogens is 1. The van der Waals surface area contributed by atoms with Gasteiger partial charge >= 0.3 is 0 Å². The van der Waals surface area contributed by atoms with Crippen molar-refractivity contribution in [3.63, 3.8) is 0 Å². The topological polar surface area (TPSA) is 69.2 Å². The molecule has 1 unspecified atom stereocenters. The van der Waals surface area contributed by atoms with Crippen molar-refractivity contribution in [2.45, 2.75) is 44.2 Å². The fourth-order valence-electron chi connectivity index (χ4n) is 4.74. The highest BCUT2D eigenvalue weighted by Gasteiger charge is 2.27. The fraction of sp³-hybridized carbons (Fsp3) is 0.423. The summed E-state index contributed by atoms with van der Waals surface area (Å²) in [5, 5.41) is 21.8. The maximum atomic E-state index is 8.78. The zero-order valence-electron chi connectivity index (χ0n) is 18.3. The largest absolute Gasteiger partial charge is 0.395 e. The van der Waals surface area contributed by atoms with E-state index in [1.165, 1.54) is 34.7 Å². The van der Waals surface area contributed by atoms with E-state index < -0.39 is 0 Å². The lowest BCUT2D eigenvalue weighted by atomic mass is 9.97. The van der Waals surface area contributed by atoms with Crippen molar-refractivity contribution in [3.8, 4) is 0 Å². The molecule has 0 bridgehead atoms. The van der Waals surface area contributed by atoms with Crippen LogP contribution in [0.2, 0.25) is 0 Å². The Morgan fingerprint density at radius 1 is 1.00 bits per heavy atom. The molecule has 4 rings (SSSR count). The Balaban J connectivity index is 1.30. The van der Waals surface area contributed by atoms with Crippen LogP contribution in [0, 0.1) is 0 Å². The van der Waals surface area contributed by atoms with E-state index in [1.807, 2.05) is 6.20 Å². The van der Waals surface area contributed by atoms with Gasteiger partial charge in [0.25, 0.3) is 0 Å². The van der Waals surface area contributed by atoms with Crippen LogP contribution in [0.25, 0.3) is 10.8 Å². The minimum atomic E-state index is 0.172. The molecule has 1 saturated carbocycles. The molecule has 1 fully saturated rings. The van der Waals surface area contributed by atoms with Gasteiger partial charge in [-0.05, 0) is 60.1 Å². The number of aliphatic hydroxyl groups excluding tert-OH is 1. The molecular weight excluding hydrogens is 384 g/mol. The van der Waals surface area contributed by atoms with Crippen LogP contribution in [0.3, 0.4) is 0 Å². The molecule has 0 amide bonds. The van der Waals surface area contributed by atoms with E-state index in [9.17, 15) is 0 Å². The summed E-state index contributed by atoms with van der Waals surface area (Å²) >= 11 is 0. The molecule has 0 aliphatic heterocycles. The van der Waals surface area contributed by atoms with Gasteiger partial charge in [0.2, 0.25) is 0 Å². The van der Waals surface area contributed by atoms with Crippen LogP contribution in [-0.4, -0.2) is 42.4 Å². The van der Waals surface area contributed by atoms with Gasteiger partial charge in [-0.25, -0.2) is 4.98 Å². The van der Waals surface area contributed by atoms with Crippen molar-refractivity contribution >= 4 is 16.6 Å². The monoisotopic (exact) mass is 418 g/mol. The van der Waals surface area contributed by atoms with Crippen LogP contribution in [0.5, 0.6) is 0 Å². The Morgan fingerprint density at radius 2 is 1.87 bits per heavy atom. The summed E-state index contributed by atoms with van der Waals surface area (Å²) in [5.41, 5.74) is 2.72. The second-order valence-corrected chi connectivity index (χ2v) is 8.54. The lowest BCUT2D eigenvalue weighted by molar-refractivity contribution is 0.293. The highest BCUT2D eigenvalue weighted by molar-refractivity contribution is 5.86. The second kappa shape index (κ2) is 10.7.